The molecule has 1 N–H and O–H groups in total. The van der Waals surface area contributed by atoms with Crippen LogP contribution in [-0.2, 0) is 0 Å². The van der Waals surface area contributed by atoms with Crippen LogP contribution >= 0.6 is 15.9 Å². The Morgan fingerprint density at radius 3 is 2.83 bits per heavy atom. The number of aliphatic hydroxyl groups excluding tert-OH is 1. The maximum absolute atomic E-state index is 13.1. The van der Waals surface area contributed by atoms with Crippen LogP contribution in [0.3, 0.4) is 0 Å². The summed E-state index contributed by atoms with van der Waals surface area (Å²) < 4.78 is 18.6. The average molecular weight is 312 g/mol. The summed E-state index contributed by atoms with van der Waals surface area (Å²) in [6.07, 6.45) is 0.609. The van der Waals surface area contributed by atoms with E-state index in [1.807, 2.05) is 0 Å². The largest absolute Gasteiger partial charge is 0.495 e. The molecule has 0 aliphatic rings. The van der Waals surface area contributed by atoms with E-state index in [1.54, 1.807) is 18.3 Å². The van der Waals surface area contributed by atoms with E-state index in [2.05, 4.69) is 20.9 Å². The topological polar surface area (TPSA) is 42.4 Å². The zero-order valence-corrected chi connectivity index (χ0v) is 11.2. The molecule has 0 fully saturated rings. The molecule has 94 valence electrons. The van der Waals surface area contributed by atoms with Crippen LogP contribution in [0.15, 0.2) is 41.0 Å². The summed E-state index contributed by atoms with van der Waals surface area (Å²) in [5.41, 5.74) is 0.943. The highest BCUT2D eigenvalue weighted by Gasteiger charge is 2.17. The second kappa shape index (κ2) is 5.46. The first-order valence-corrected chi connectivity index (χ1v) is 6.04. The molecule has 1 aromatic heterocycles. The van der Waals surface area contributed by atoms with Crippen molar-refractivity contribution in [3.8, 4) is 5.75 Å². The molecule has 2 aromatic rings. The zero-order chi connectivity index (χ0) is 13.1. The Labute approximate surface area is 112 Å². The van der Waals surface area contributed by atoms with Crippen LogP contribution in [-0.4, -0.2) is 17.2 Å². The normalized spacial score (nSPS) is 12.2. The van der Waals surface area contributed by atoms with E-state index in [1.165, 1.54) is 25.3 Å². The maximum Gasteiger partial charge on any atom is 0.143 e. The minimum absolute atomic E-state index is 0.300. The van der Waals surface area contributed by atoms with Crippen molar-refractivity contribution < 1.29 is 14.2 Å². The van der Waals surface area contributed by atoms with Gasteiger partial charge in [0.15, 0.2) is 0 Å². The van der Waals surface area contributed by atoms with E-state index in [-0.39, 0.29) is 5.82 Å². The number of hydrogen-bond donors (Lipinski definition) is 1. The lowest BCUT2D eigenvalue weighted by Gasteiger charge is -2.14. The number of halogens is 2. The van der Waals surface area contributed by atoms with Crippen LogP contribution in [0, 0.1) is 5.82 Å². The molecule has 5 heteroatoms. The number of aromatic nitrogens is 1. The molecule has 18 heavy (non-hydrogen) atoms. The SMILES string of the molecule is COc1cccnc1C(O)c1ccc(F)c(Br)c1. The first kappa shape index (κ1) is 13.0. The predicted octanol–water partition coefficient (Wildman–Crippen LogP) is 3.07. The van der Waals surface area contributed by atoms with Gasteiger partial charge in [0.2, 0.25) is 0 Å². The van der Waals surface area contributed by atoms with Gasteiger partial charge in [-0.25, -0.2) is 4.39 Å². The Morgan fingerprint density at radius 2 is 2.17 bits per heavy atom. The van der Waals surface area contributed by atoms with Crippen LogP contribution in [0.5, 0.6) is 5.75 Å². The third-order valence-corrected chi connectivity index (χ3v) is 3.15. The Hall–Kier alpha value is -1.46. The van der Waals surface area contributed by atoms with Gasteiger partial charge in [-0.3, -0.25) is 4.98 Å². The number of rotatable bonds is 3. The highest BCUT2D eigenvalue weighted by Crippen LogP contribution is 2.29. The molecule has 1 heterocycles. The Kier molecular flexibility index (Phi) is 3.93. The molecule has 1 unspecified atom stereocenters. The lowest BCUT2D eigenvalue weighted by Crippen LogP contribution is -2.05. The monoisotopic (exact) mass is 311 g/mol. The fourth-order valence-corrected chi connectivity index (χ4v) is 2.02. The molecule has 0 aliphatic carbocycles. The minimum Gasteiger partial charge on any atom is -0.495 e. The summed E-state index contributed by atoms with van der Waals surface area (Å²) in [6, 6.07) is 7.75. The van der Waals surface area contributed by atoms with E-state index in [4.69, 9.17) is 4.74 Å². The molecular formula is C13H11BrFNO2. The summed E-state index contributed by atoms with van der Waals surface area (Å²) in [4.78, 5) is 4.09. The van der Waals surface area contributed by atoms with Crippen molar-refractivity contribution in [1.82, 2.24) is 4.98 Å². The second-order valence-corrected chi connectivity index (χ2v) is 4.52. The van der Waals surface area contributed by atoms with Crippen molar-refractivity contribution in [2.24, 2.45) is 0 Å². The molecule has 0 spiro atoms. The lowest BCUT2D eigenvalue weighted by molar-refractivity contribution is 0.209. The number of benzene rings is 1. The molecule has 1 atom stereocenters. The number of methoxy groups -OCH3 is 1. The number of nitrogens with zero attached hydrogens (tertiary/aromatic N) is 1. The van der Waals surface area contributed by atoms with Crippen LogP contribution in [0.4, 0.5) is 4.39 Å². The molecule has 0 bridgehead atoms. The number of hydrogen-bond acceptors (Lipinski definition) is 3. The summed E-state index contributed by atoms with van der Waals surface area (Å²) in [5, 5.41) is 10.2. The highest BCUT2D eigenvalue weighted by molar-refractivity contribution is 9.10. The third kappa shape index (κ3) is 2.52. The van der Waals surface area contributed by atoms with Crippen LogP contribution in [0.2, 0.25) is 0 Å². The van der Waals surface area contributed by atoms with Crippen molar-refractivity contribution in [3.05, 3.63) is 58.1 Å². The summed E-state index contributed by atoms with van der Waals surface area (Å²) in [5.74, 6) is 0.115. The summed E-state index contributed by atoms with van der Waals surface area (Å²) in [7, 11) is 1.51. The van der Waals surface area contributed by atoms with Gasteiger partial charge in [0, 0.05) is 6.20 Å². The third-order valence-electron chi connectivity index (χ3n) is 2.54. The molecule has 0 aliphatic heterocycles. The van der Waals surface area contributed by atoms with Crippen molar-refractivity contribution in [1.29, 1.82) is 0 Å². The first-order valence-electron chi connectivity index (χ1n) is 5.25. The maximum atomic E-state index is 13.1. The highest BCUT2D eigenvalue weighted by atomic mass is 79.9. The van der Waals surface area contributed by atoms with Crippen LogP contribution in [0.25, 0.3) is 0 Å². The molecule has 0 saturated heterocycles. The number of ether oxygens (including phenoxy) is 1. The molecule has 1 aromatic carbocycles. The van der Waals surface area contributed by atoms with Crippen LogP contribution in [0.1, 0.15) is 17.4 Å². The van der Waals surface area contributed by atoms with Gasteiger partial charge in [0.05, 0.1) is 11.6 Å². The fraction of sp³-hybridized carbons (Fsp3) is 0.154. The number of aliphatic hydroxyl groups is 1. The Balaban J connectivity index is 2.41. The zero-order valence-electron chi connectivity index (χ0n) is 9.60. The predicted molar refractivity (Wildman–Crippen MR) is 69.0 cm³/mol. The second-order valence-electron chi connectivity index (χ2n) is 3.67. The van der Waals surface area contributed by atoms with E-state index >= 15 is 0 Å². The van der Waals surface area contributed by atoms with Gasteiger partial charge >= 0.3 is 0 Å². The molecule has 0 saturated carbocycles. The van der Waals surface area contributed by atoms with Gasteiger partial charge in [-0.15, -0.1) is 0 Å². The molecule has 2 rings (SSSR count). The Bertz CT molecular complexity index is 562. The average Bonchev–Trinajstić information content (AvgIpc) is 2.41. The first-order chi connectivity index (χ1) is 8.63. The van der Waals surface area contributed by atoms with Gasteiger partial charge in [-0.05, 0) is 45.8 Å². The molecule has 0 amide bonds. The van der Waals surface area contributed by atoms with E-state index in [9.17, 15) is 9.50 Å². The standard InChI is InChI=1S/C13H11BrFNO2/c1-18-11-3-2-6-16-12(11)13(17)8-4-5-10(15)9(14)7-8/h2-7,13,17H,1H3. The summed E-state index contributed by atoms with van der Waals surface area (Å²) in [6.45, 7) is 0. The van der Waals surface area contributed by atoms with E-state index in [0.29, 0.717) is 21.5 Å². The van der Waals surface area contributed by atoms with Gasteiger partial charge in [-0.1, -0.05) is 6.07 Å². The summed E-state index contributed by atoms with van der Waals surface area (Å²) >= 11 is 3.08. The van der Waals surface area contributed by atoms with Crippen molar-refractivity contribution in [3.63, 3.8) is 0 Å². The smallest absolute Gasteiger partial charge is 0.143 e. The van der Waals surface area contributed by atoms with E-state index in [0.717, 1.165) is 0 Å². The van der Waals surface area contributed by atoms with E-state index < -0.39 is 6.10 Å². The fourth-order valence-electron chi connectivity index (χ4n) is 1.62. The van der Waals surface area contributed by atoms with Crippen molar-refractivity contribution in [2.45, 2.75) is 6.10 Å². The minimum atomic E-state index is -0.960. The lowest BCUT2D eigenvalue weighted by atomic mass is 10.1. The van der Waals surface area contributed by atoms with Crippen LogP contribution < -0.4 is 4.74 Å². The van der Waals surface area contributed by atoms with Gasteiger partial charge in [0.1, 0.15) is 23.4 Å². The van der Waals surface area contributed by atoms with Gasteiger partial charge in [-0.2, -0.15) is 0 Å². The van der Waals surface area contributed by atoms with Crippen molar-refractivity contribution >= 4 is 15.9 Å². The molecule has 3 nitrogen and oxygen atoms in total. The molecular weight excluding hydrogens is 301 g/mol. The quantitative estimate of drug-likeness (QED) is 0.947. The van der Waals surface area contributed by atoms with Crippen molar-refractivity contribution in [2.75, 3.05) is 7.11 Å². The molecule has 0 radical (unpaired) electrons. The number of pyridine rings is 1. The van der Waals surface area contributed by atoms with Gasteiger partial charge < -0.3 is 9.84 Å². The Morgan fingerprint density at radius 1 is 1.39 bits per heavy atom. The van der Waals surface area contributed by atoms with Gasteiger partial charge in [0.25, 0.3) is 0 Å².